The maximum atomic E-state index is 2.42. The number of anilines is 6. The predicted molar refractivity (Wildman–Crippen MR) is 235 cm³/mol. The molecule has 3 aliphatic rings. The number of rotatable bonds is 5. The van der Waals surface area contributed by atoms with E-state index in [4.69, 9.17) is 0 Å². The summed E-state index contributed by atoms with van der Waals surface area (Å²) in [7, 11) is 6.68. The van der Waals surface area contributed by atoms with E-state index in [0.29, 0.717) is 0 Å². The minimum atomic E-state index is 0.205. The van der Waals surface area contributed by atoms with Crippen LogP contribution in [-0.4, -0.2) is 27.9 Å². The van der Waals surface area contributed by atoms with Gasteiger partial charge in [-0.2, -0.15) is 0 Å². The Morgan fingerprint density at radius 3 is 0.945 bits per heavy atom. The van der Waals surface area contributed by atoms with Crippen LogP contribution in [0.15, 0.2) is 176 Å². The molecule has 3 nitrogen and oxygen atoms in total. The molecule has 0 bridgehead atoms. The van der Waals surface area contributed by atoms with Crippen LogP contribution in [0.2, 0.25) is 0 Å². The normalized spacial score (nSPS) is 13.2. The zero-order valence-electron chi connectivity index (χ0n) is 31.2. The minimum absolute atomic E-state index is 0.205. The molecule has 0 fully saturated rings. The van der Waals surface area contributed by atoms with Crippen LogP contribution in [0.25, 0.3) is 55.6 Å². The lowest BCUT2D eigenvalue weighted by molar-refractivity contribution is 1.15. The molecule has 11 rings (SSSR count). The first-order valence-electron chi connectivity index (χ1n) is 19.1. The van der Waals surface area contributed by atoms with Gasteiger partial charge < -0.3 is 14.7 Å². The number of hydrogen-bond acceptors (Lipinski definition) is 3. The number of nitrogens with zero attached hydrogens (tertiary/aromatic N) is 3. The first kappa shape index (κ1) is 31.7. The molecule has 0 aromatic heterocycles. The largest absolute Gasteiger partial charge is 0.345 e. The fraction of sp³-hybridized carbons (Fsp3) is 0.0588. The van der Waals surface area contributed by atoms with E-state index < -0.39 is 0 Å². The molecule has 0 aliphatic carbocycles. The van der Waals surface area contributed by atoms with Crippen molar-refractivity contribution in [1.82, 2.24) is 0 Å². The minimum Gasteiger partial charge on any atom is -0.345 e. The number of hydrogen-bond donors (Lipinski definition) is 0. The summed E-state index contributed by atoms with van der Waals surface area (Å²) in [6, 6.07) is 64.9. The third-order valence-electron chi connectivity index (χ3n) is 12.2. The molecule has 0 atom stereocenters. The summed E-state index contributed by atoms with van der Waals surface area (Å²) in [5.41, 5.74) is 24.1. The summed E-state index contributed by atoms with van der Waals surface area (Å²) in [5, 5.41) is 0. The Hall–Kier alpha value is -6.78. The predicted octanol–water partition coefficient (Wildman–Crippen LogP) is 10.8. The fourth-order valence-corrected chi connectivity index (χ4v) is 9.45. The molecule has 8 aromatic carbocycles. The molecule has 0 radical (unpaired) electrons. The summed E-state index contributed by atoms with van der Waals surface area (Å²) < 4.78 is 0. The van der Waals surface area contributed by atoms with Crippen molar-refractivity contribution in [3.05, 3.63) is 176 Å². The summed E-state index contributed by atoms with van der Waals surface area (Å²) in [6.07, 6.45) is 0. The van der Waals surface area contributed by atoms with Gasteiger partial charge in [-0.25, -0.2) is 0 Å². The highest BCUT2D eigenvalue weighted by atomic mass is 15.2. The Morgan fingerprint density at radius 1 is 0.255 bits per heavy atom. The lowest BCUT2D eigenvalue weighted by Gasteiger charge is -2.47. The topological polar surface area (TPSA) is 9.72 Å². The summed E-state index contributed by atoms with van der Waals surface area (Å²) in [6.45, 7) is 0.205. The van der Waals surface area contributed by atoms with E-state index in [-0.39, 0.29) is 6.71 Å². The van der Waals surface area contributed by atoms with Crippen molar-refractivity contribution >= 4 is 57.2 Å². The lowest BCUT2D eigenvalue weighted by Crippen LogP contribution is -2.65. The molecule has 0 N–H and O–H groups in total. The van der Waals surface area contributed by atoms with Gasteiger partial charge in [0.1, 0.15) is 0 Å². The first-order valence-corrected chi connectivity index (χ1v) is 19.1. The van der Waals surface area contributed by atoms with E-state index in [1.54, 1.807) is 0 Å². The van der Waals surface area contributed by atoms with Gasteiger partial charge in [-0.1, -0.05) is 109 Å². The van der Waals surface area contributed by atoms with Crippen molar-refractivity contribution in [3.63, 3.8) is 0 Å². The average molecular weight is 704 g/mol. The Morgan fingerprint density at radius 2 is 0.527 bits per heavy atom. The average Bonchev–Trinajstić information content (AvgIpc) is 3.25. The zero-order valence-corrected chi connectivity index (χ0v) is 31.2. The van der Waals surface area contributed by atoms with Crippen LogP contribution in [0.5, 0.6) is 0 Å². The highest BCUT2D eigenvalue weighted by Crippen LogP contribution is 2.45. The smallest absolute Gasteiger partial charge is 0.257 e. The Kier molecular flexibility index (Phi) is 6.99. The molecule has 0 unspecified atom stereocenters. The van der Waals surface area contributed by atoms with Crippen LogP contribution < -0.4 is 31.1 Å². The van der Waals surface area contributed by atoms with Gasteiger partial charge in [0.05, 0.1) is 0 Å². The molecule has 8 aromatic rings. The van der Waals surface area contributed by atoms with Gasteiger partial charge in [-0.3, -0.25) is 0 Å². The monoisotopic (exact) mass is 703 g/mol. The van der Waals surface area contributed by atoms with Crippen LogP contribution in [0.4, 0.5) is 34.1 Å². The van der Waals surface area contributed by atoms with Crippen molar-refractivity contribution in [2.45, 2.75) is 0 Å². The van der Waals surface area contributed by atoms with Crippen molar-refractivity contribution in [2.24, 2.45) is 0 Å². The third-order valence-corrected chi connectivity index (χ3v) is 12.2. The molecule has 4 heteroatoms. The summed E-state index contributed by atoms with van der Waals surface area (Å²) >= 11 is 0. The van der Waals surface area contributed by atoms with Crippen molar-refractivity contribution < 1.29 is 0 Å². The van der Waals surface area contributed by atoms with Crippen molar-refractivity contribution in [2.75, 3.05) is 35.8 Å². The fourth-order valence-electron chi connectivity index (χ4n) is 9.45. The zero-order chi connectivity index (χ0) is 36.8. The first-order chi connectivity index (χ1) is 27.0. The van der Waals surface area contributed by atoms with Crippen molar-refractivity contribution in [1.29, 1.82) is 0 Å². The quantitative estimate of drug-likeness (QED) is 0.165. The second kappa shape index (κ2) is 12.1. The van der Waals surface area contributed by atoms with Gasteiger partial charge in [0, 0.05) is 55.3 Å². The molecule has 0 amide bonds. The Labute approximate surface area is 323 Å². The second-order valence-electron chi connectivity index (χ2n) is 15.2. The molecular weight excluding hydrogens is 665 g/mol. The summed E-state index contributed by atoms with van der Waals surface area (Å²) in [4.78, 5) is 7.21. The van der Waals surface area contributed by atoms with Gasteiger partial charge in [0.25, 0.3) is 6.71 Å². The number of benzene rings is 8. The van der Waals surface area contributed by atoms with Gasteiger partial charge in [0.2, 0.25) is 0 Å². The molecule has 0 saturated carbocycles. The Balaban J connectivity index is 1.02. The molecule has 0 spiro atoms. The van der Waals surface area contributed by atoms with E-state index >= 15 is 0 Å². The molecular formula is C51H38BN3. The van der Waals surface area contributed by atoms with E-state index in [1.165, 1.54) is 106 Å². The van der Waals surface area contributed by atoms with Gasteiger partial charge >= 0.3 is 0 Å². The van der Waals surface area contributed by atoms with Crippen LogP contribution in [0.1, 0.15) is 0 Å². The van der Waals surface area contributed by atoms with Gasteiger partial charge in [-0.15, -0.1) is 0 Å². The third kappa shape index (κ3) is 4.84. The van der Waals surface area contributed by atoms with Gasteiger partial charge in [-0.05, 0) is 139 Å². The second-order valence-corrected chi connectivity index (χ2v) is 15.2. The maximum Gasteiger partial charge on any atom is 0.257 e. The van der Waals surface area contributed by atoms with Crippen LogP contribution >= 0.6 is 0 Å². The Bertz CT molecular complexity index is 2690. The van der Waals surface area contributed by atoms with Crippen LogP contribution in [0, 0.1) is 0 Å². The van der Waals surface area contributed by atoms with Gasteiger partial charge in [0.15, 0.2) is 0 Å². The highest BCUT2D eigenvalue weighted by Gasteiger charge is 2.46. The SMILES string of the molecule is CN1c2cccc3c2B2c4c1cccc4N(C)c1cc(-c4cccc(-c5cccc(-c6cc(-c7ccccc7)cc(-c7ccccc7)c6)c5)c4)cc(c12)N3C. The van der Waals surface area contributed by atoms with Crippen LogP contribution in [-0.2, 0) is 0 Å². The van der Waals surface area contributed by atoms with E-state index in [9.17, 15) is 0 Å². The molecule has 3 aliphatic heterocycles. The summed E-state index contributed by atoms with van der Waals surface area (Å²) in [5.74, 6) is 0. The highest BCUT2D eigenvalue weighted by molar-refractivity contribution is 7.02. The molecule has 0 saturated heterocycles. The molecule has 3 heterocycles. The van der Waals surface area contributed by atoms with Crippen LogP contribution in [0.3, 0.4) is 0 Å². The van der Waals surface area contributed by atoms with Crippen molar-refractivity contribution in [3.8, 4) is 55.6 Å². The maximum absolute atomic E-state index is 2.42. The standard InChI is InChI=1S/C51H38BN3/c1-53-43-22-12-24-45-49(43)52-50-44(53)23-13-25-46(50)55(3)48-32-42(31-47(51(48)52)54(45)2)38-21-11-19-36(27-38)35-18-10-20-37(26-35)41-29-39(33-14-6-4-7-15-33)28-40(30-41)34-16-8-5-9-17-34/h4-32H,1-3H3. The van der Waals surface area contributed by atoms with E-state index in [2.05, 4.69) is 212 Å². The van der Waals surface area contributed by atoms with E-state index in [1.807, 2.05) is 0 Å². The lowest BCUT2D eigenvalue weighted by atomic mass is 9.32. The molecule has 260 valence electrons. The van der Waals surface area contributed by atoms with E-state index in [0.717, 1.165) is 0 Å². The molecule has 55 heavy (non-hydrogen) atoms.